The van der Waals surface area contributed by atoms with Gasteiger partial charge in [0.2, 0.25) is 0 Å². The third-order valence-electron chi connectivity index (χ3n) is 4.91. The molecule has 3 heterocycles. The summed E-state index contributed by atoms with van der Waals surface area (Å²) < 4.78 is 6.93. The Hall–Kier alpha value is -3.66. The number of aromatic nitrogens is 2. The standard InChI is InChI=1S/C23H16N2O2/c1-27-17-11-9-15(10-12-17)22-21-19(18-7-2-3-8-20(18)24-22)14-16-6-4-5-13-25(16)23(21)26/h2-14H,1H3. The Morgan fingerprint density at radius 3 is 2.48 bits per heavy atom. The van der Waals surface area contributed by atoms with Gasteiger partial charge in [0.1, 0.15) is 5.75 Å². The van der Waals surface area contributed by atoms with Crippen LogP contribution in [0, 0.1) is 0 Å². The number of hydrogen-bond donors (Lipinski definition) is 0. The van der Waals surface area contributed by atoms with Crippen LogP contribution in [0.15, 0.2) is 83.8 Å². The minimum Gasteiger partial charge on any atom is -0.497 e. The fraction of sp³-hybridized carbons (Fsp3) is 0.0435. The number of nitrogens with zero attached hydrogens (tertiary/aromatic N) is 2. The maximum Gasteiger partial charge on any atom is 0.265 e. The van der Waals surface area contributed by atoms with Crippen LogP contribution in [0.2, 0.25) is 0 Å². The maximum absolute atomic E-state index is 13.3. The topological polar surface area (TPSA) is 43.6 Å². The number of benzene rings is 2. The second-order valence-electron chi connectivity index (χ2n) is 6.44. The Bertz CT molecular complexity index is 1370. The van der Waals surface area contributed by atoms with Gasteiger partial charge in [0.05, 0.1) is 23.7 Å². The van der Waals surface area contributed by atoms with E-state index in [0.717, 1.165) is 33.1 Å². The van der Waals surface area contributed by atoms with Gasteiger partial charge in [0.15, 0.2) is 0 Å². The van der Waals surface area contributed by atoms with Crippen LogP contribution >= 0.6 is 0 Å². The Morgan fingerprint density at radius 2 is 1.67 bits per heavy atom. The van der Waals surface area contributed by atoms with Gasteiger partial charge in [0.25, 0.3) is 5.56 Å². The fourth-order valence-electron chi connectivity index (χ4n) is 3.59. The van der Waals surface area contributed by atoms with Crippen molar-refractivity contribution in [2.24, 2.45) is 0 Å². The molecule has 0 saturated heterocycles. The molecule has 3 aromatic heterocycles. The first-order valence-electron chi connectivity index (χ1n) is 8.73. The molecular weight excluding hydrogens is 336 g/mol. The lowest BCUT2D eigenvalue weighted by atomic mass is 10.0. The van der Waals surface area contributed by atoms with Crippen molar-refractivity contribution in [1.29, 1.82) is 0 Å². The lowest BCUT2D eigenvalue weighted by Gasteiger charge is -2.12. The van der Waals surface area contributed by atoms with E-state index < -0.39 is 0 Å². The minimum atomic E-state index is -0.0628. The molecule has 27 heavy (non-hydrogen) atoms. The fourth-order valence-corrected chi connectivity index (χ4v) is 3.59. The van der Waals surface area contributed by atoms with Crippen LogP contribution in [-0.2, 0) is 0 Å². The van der Waals surface area contributed by atoms with E-state index in [-0.39, 0.29) is 5.56 Å². The van der Waals surface area contributed by atoms with E-state index in [1.807, 2.05) is 66.7 Å². The van der Waals surface area contributed by atoms with Gasteiger partial charge in [-0.25, -0.2) is 4.98 Å². The summed E-state index contributed by atoms with van der Waals surface area (Å²) in [5.74, 6) is 0.769. The third kappa shape index (κ3) is 2.38. The van der Waals surface area contributed by atoms with Gasteiger partial charge in [0, 0.05) is 28.0 Å². The lowest BCUT2D eigenvalue weighted by Crippen LogP contribution is -2.14. The van der Waals surface area contributed by atoms with Gasteiger partial charge in [-0.15, -0.1) is 0 Å². The van der Waals surface area contributed by atoms with Gasteiger partial charge in [-0.3, -0.25) is 9.20 Å². The van der Waals surface area contributed by atoms with Crippen molar-refractivity contribution in [3.8, 4) is 17.0 Å². The summed E-state index contributed by atoms with van der Waals surface area (Å²) in [6.45, 7) is 0. The van der Waals surface area contributed by atoms with Crippen LogP contribution in [0.1, 0.15) is 0 Å². The highest BCUT2D eigenvalue weighted by Crippen LogP contribution is 2.31. The Kier molecular flexibility index (Phi) is 3.44. The largest absolute Gasteiger partial charge is 0.497 e. The number of pyridine rings is 3. The first kappa shape index (κ1) is 15.6. The second kappa shape index (κ2) is 5.95. The van der Waals surface area contributed by atoms with Gasteiger partial charge in [-0.2, -0.15) is 0 Å². The van der Waals surface area contributed by atoms with Crippen molar-refractivity contribution in [3.05, 3.63) is 89.3 Å². The quantitative estimate of drug-likeness (QED) is 0.342. The first-order valence-corrected chi connectivity index (χ1v) is 8.73. The molecule has 0 N–H and O–H groups in total. The van der Waals surface area contributed by atoms with Crippen LogP contribution in [0.5, 0.6) is 5.75 Å². The zero-order valence-electron chi connectivity index (χ0n) is 14.7. The van der Waals surface area contributed by atoms with E-state index in [9.17, 15) is 4.79 Å². The first-order chi connectivity index (χ1) is 13.3. The molecule has 2 aromatic carbocycles. The number of methoxy groups -OCH3 is 1. The van der Waals surface area contributed by atoms with Gasteiger partial charge < -0.3 is 4.74 Å². The van der Waals surface area contributed by atoms with E-state index in [1.54, 1.807) is 17.7 Å². The smallest absolute Gasteiger partial charge is 0.265 e. The summed E-state index contributed by atoms with van der Waals surface area (Å²) in [6.07, 6.45) is 1.80. The number of ether oxygens (including phenoxy) is 1. The molecule has 5 aromatic rings. The predicted molar refractivity (Wildman–Crippen MR) is 108 cm³/mol. The number of fused-ring (bicyclic) bond motifs is 4. The molecule has 0 aliphatic rings. The SMILES string of the molecule is COc1ccc(-c2nc3ccccc3c3cc4ccccn4c(=O)c23)cc1. The van der Waals surface area contributed by atoms with E-state index in [4.69, 9.17) is 9.72 Å². The molecule has 130 valence electrons. The molecule has 0 bridgehead atoms. The summed E-state index contributed by atoms with van der Waals surface area (Å²) in [7, 11) is 1.64. The van der Waals surface area contributed by atoms with Crippen molar-refractivity contribution in [2.45, 2.75) is 0 Å². The van der Waals surface area contributed by atoms with Gasteiger partial charge in [-0.1, -0.05) is 24.3 Å². The van der Waals surface area contributed by atoms with Crippen LogP contribution in [-0.4, -0.2) is 16.5 Å². The summed E-state index contributed by atoms with van der Waals surface area (Å²) >= 11 is 0. The van der Waals surface area contributed by atoms with E-state index >= 15 is 0 Å². The van der Waals surface area contributed by atoms with E-state index in [0.29, 0.717) is 11.1 Å². The summed E-state index contributed by atoms with van der Waals surface area (Å²) in [6, 6.07) is 23.4. The monoisotopic (exact) mass is 352 g/mol. The summed E-state index contributed by atoms with van der Waals surface area (Å²) in [5, 5.41) is 2.53. The van der Waals surface area contributed by atoms with Crippen molar-refractivity contribution < 1.29 is 4.74 Å². The van der Waals surface area contributed by atoms with E-state index in [1.165, 1.54) is 0 Å². The predicted octanol–water partition coefficient (Wildman–Crippen LogP) is 4.68. The molecule has 5 rings (SSSR count). The molecule has 4 nitrogen and oxygen atoms in total. The molecule has 0 atom stereocenters. The molecule has 0 spiro atoms. The Balaban J connectivity index is 1.98. The molecular formula is C23H16N2O2. The molecule has 0 radical (unpaired) electrons. The Morgan fingerprint density at radius 1 is 0.889 bits per heavy atom. The third-order valence-corrected chi connectivity index (χ3v) is 4.91. The molecule has 0 fully saturated rings. The average Bonchev–Trinajstić information content (AvgIpc) is 2.73. The molecule has 0 saturated carbocycles. The van der Waals surface area contributed by atoms with Crippen LogP contribution in [0.3, 0.4) is 0 Å². The van der Waals surface area contributed by atoms with E-state index in [2.05, 4.69) is 6.07 Å². The normalized spacial score (nSPS) is 11.3. The highest BCUT2D eigenvalue weighted by atomic mass is 16.5. The molecule has 0 amide bonds. The lowest BCUT2D eigenvalue weighted by molar-refractivity contribution is 0.415. The number of rotatable bonds is 2. The maximum atomic E-state index is 13.3. The van der Waals surface area contributed by atoms with Crippen molar-refractivity contribution in [3.63, 3.8) is 0 Å². The van der Waals surface area contributed by atoms with Crippen molar-refractivity contribution in [1.82, 2.24) is 9.38 Å². The molecule has 4 heteroatoms. The molecule has 0 aliphatic carbocycles. The summed E-state index contributed by atoms with van der Waals surface area (Å²) in [5.41, 5.74) is 3.25. The number of para-hydroxylation sites is 1. The van der Waals surface area contributed by atoms with Gasteiger partial charge >= 0.3 is 0 Å². The molecule has 0 unspecified atom stereocenters. The van der Waals surface area contributed by atoms with Crippen LogP contribution in [0.25, 0.3) is 38.4 Å². The number of hydrogen-bond acceptors (Lipinski definition) is 3. The highest BCUT2D eigenvalue weighted by molar-refractivity contribution is 6.11. The van der Waals surface area contributed by atoms with Gasteiger partial charge in [-0.05, 0) is 48.5 Å². The summed E-state index contributed by atoms with van der Waals surface area (Å²) in [4.78, 5) is 18.2. The highest BCUT2D eigenvalue weighted by Gasteiger charge is 2.15. The zero-order valence-corrected chi connectivity index (χ0v) is 14.7. The minimum absolute atomic E-state index is 0.0628. The second-order valence-corrected chi connectivity index (χ2v) is 6.44. The van der Waals surface area contributed by atoms with Crippen LogP contribution in [0.4, 0.5) is 0 Å². The van der Waals surface area contributed by atoms with Crippen molar-refractivity contribution >= 4 is 27.2 Å². The van der Waals surface area contributed by atoms with Crippen molar-refractivity contribution in [2.75, 3.05) is 7.11 Å². The average molecular weight is 352 g/mol. The molecule has 0 aliphatic heterocycles. The zero-order chi connectivity index (χ0) is 18.4. The Labute approximate surface area is 155 Å². The van der Waals surface area contributed by atoms with Crippen LogP contribution < -0.4 is 10.3 Å².